The fraction of sp³-hybridized carbons (Fsp3) is 0.885. The highest BCUT2D eigenvalue weighted by molar-refractivity contribution is 5.81. The van der Waals surface area contributed by atoms with E-state index in [4.69, 9.17) is 4.74 Å². The van der Waals surface area contributed by atoms with Gasteiger partial charge in [0.05, 0.1) is 25.8 Å². The van der Waals surface area contributed by atoms with Crippen molar-refractivity contribution in [3.05, 3.63) is 12.2 Å². The Morgan fingerprint density at radius 2 is 1.84 bits per heavy atom. The van der Waals surface area contributed by atoms with E-state index in [0.717, 1.165) is 64.3 Å². The molecule has 4 aliphatic rings. The van der Waals surface area contributed by atoms with Crippen LogP contribution in [0.4, 0.5) is 0 Å². The van der Waals surface area contributed by atoms with E-state index >= 15 is 0 Å². The van der Waals surface area contributed by atoms with Crippen LogP contribution >= 0.6 is 0 Å². The Hall–Kier alpha value is -0.910. The number of quaternary nitrogens is 1. The monoisotopic (exact) mass is 434 g/mol. The molecular weight excluding hydrogens is 390 g/mol. The van der Waals surface area contributed by atoms with Gasteiger partial charge in [-0.2, -0.15) is 0 Å². The van der Waals surface area contributed by atoms with Crippen molar-refractivity contribution in [2.24, 2.45) is 34.5 Å². The third-order valence-corrected chi connectivity index (χ3v) is 10.2. The van der Waals surface area contributed by atoms with Crippen molar-refractivity contribution in [3.63, 3.8) is 0 Å². The number of fused-ring (bicyclic) bond motifs is 5. The van der Waals surface area contributed by atoms with Gasteiger partial charge in [0.15, 0.2) is 0 Å². The molecule has 4 saturated carbocycles. The van der Waals surface area contributed by atoms with Gasteiger partial charge in [-0.15, -0.1) is 0 Å². The van der Waals surface area contributed by atoms with E-state index in [9.17, 15) is 15.0 Å². The topological polar surface area (TPSA) is 71.2 Å². The molecule has 3 N–H and O–H groups in total. The number of allylic oxidation sites excluding steroid dienone is 1. The average Bonchev–Trinajstić information content (AvgIpc) is 2.97. The number of carbonyl (C=O) groups excluding carboxylic acids is 1. The maximum atomic E-state index is 12.2. The Bertz CT molecular complexity index is 708. The molecule has 0 aromatic heterocycles. The van der Waals surface area contributed by atoms with E-state index in [1.165, 1.54) is 4.90 Å². The zero-order valence-corrected chi connectivity index (χ0v) is 20.0. The van der Waals surface area contributed by atoms with Crippen LogP contribution in [0.25, 0.3) is 0 Å². The van der Waals surface area contributed by atoms with Crippen molar-refractivity contribution in [3.8, 4) is 0 Å². The summed E-state index contributed by atoms with van der Waals surface area (Å²) in [7, 11) is 4.09. The molecule has 5 heteroatoms. The van der Waals surface area contributed by atoms with Crippen molar-refractivity contribution in [2.45, 2.75) is 83.3 Å². The molecule has 0 unspecified atom stereocenters. The summed E-state index contributed by atoms with van der Waals surface area (Å²) in [6, 6.07) is 0. The molecule has 0 spiro atoms. The standard InChI is InChI=1S/C26H43NO4/c1-24-12-10-20(28)17-19(24)5-7-22-21(24)11-13-25(2)18(9-14-26(22,25)30)6-8-23(29)31-16-15-27(3)4/h6,8,18-22,28,30H,5,7,9-17H2,1-4H3/p+1/b8-6+/t18-,19-,20+,21+,22-,24+,25-,26+/m1/s1. The highest BCUT2D eigenvalue weighted by Gasteiger charge is 2.66. The van der Waals surface area contributed by atoms with Crippen LogP contribution in [0.5, 0.6) is 0 Å². The number of ether oxygens (including phenoxy) is 1. The molecular formula is C26H44NO4+. The summed E-state index contributed by atoms with van der Waals surface area (Å²) in [5.74, 6) is 1.46. The second-order valence-electron chi connectivity index (χ2n) is 11.9. The Balaban J connectivity index is 1.47. The fourth-order valence-electron chi connectivity index (χ4n) is 8.15. The van der Waals surface area contributed by atoms with Gasteiger partial charge in [0.2, 0.25) is 0 Å². The van der Waals surface area contributed by atoms with Gasteiger partial charge in [-0.05, 0) is 86.9 Å². The molecule has 176 valence electrons. The summed E-state index contributed by atoms with van der Waals surface area (Å²) in [4.78, 5) is 13.4. The Morgan fingerprint density at radius 3 is 2.58 bits per heavy atom. The van der Waals surface area contributed by atoms with Crippen LogP contribution in [0.15, 0.2) is 12.2 Å². The predicted octanol–water partition coefficient (Wildman–Crippen LogP) is 2.37. The molecule has 31 heavy (non-hydrogen) atoms. The largest absolute Gasteiger partial charge is 0.457 e. The van der Waals surface area contributed by atoms with E-state index in [1.807, 2.05) is 20.2 Å². The molecule has 0 aromatic rings. The lowest BCUT2D eigenvalue weighted by Crippen LogP contribution is -3.06. The third kappa shape index (κ3) is 3.89. The molecule has 4 aliphatic carbocycles. The number of rotatable bonds is 5. The quantitative estimate of drug-likeness (QED) is 0.459. The number of carbonyl (C=O) groups is 1. The first-order valence-electron chi connectivity index (χ1n) is 12.6. The van der Waals surface area contributed by atoms with Crippen molar-refractivity contribution in [1.82, 2.24) is 0 Å². The number of nitrogens with one attached hydrogen (secondary N) is 1. The Morgan fingerprint density at radius 1 is 1.06 bits per heavy atom. The lowest BCUT2D eigenvalue weighted by atomic mass is 9.43. The van der Waals surface area contributed by atoms with Crippen LogP contribution in [0.1, 0.15) is 71.6 Å². The van der Waals surface area contributed by atoms with Gasteiger partial charge in [0.1, 0.15) is 13.2 Å². The van der Waals surface area contributed by atoms with E-state index in [0.29, 0.717) is 24.4 Å². The van der Waals surface area contributed by atoms with Gasteiger partial charge in [-0.3, -0.25) is 0 Å². The smallest absolute Gasteiger partial charge is 0.330 e. The molecule has 0 bridgehead atoms. The fourth-order valence-corrected chi connectivity index (χ4v) is 8.15. The number of hydrogen-bond acceptors (Lipinski definition) is 4. The number of hydrogen-bond donors (Lipinski definition) is 3. The molecule has 8 atom stereocenters. The van der Waals surface area contributed by atoms with Crippen LogP contribution in [0, 0.1) is 34.5 Å². The zero-order valence-electron chi connectivity index (χ0n) is 20.0. The minimum atomic E-state index is -0.646. The number of likely N-dealkylation sites (N-methyl/N-ethyl adjacent to an activating group) is 1. The minimum absolute atomic E-state index is 0.133. The first-order valence-corrected chi connectivity index (χ1v) is 12.6. The summed E-state index contributed by atoms with van der Waals surface area (Å²) in [6.07, 6.45) is 12.6. The van der Waals surface area contributed by atoms with Gasteiger partial charge in [-0.25, -0.2) is 4.79 Å². The summed E-state index contributed by atoms with van der Waals surface area (Å²) >= 11 is 0. The molecule has 0 radical (unpaired) electrons. The van der Waals surface area contributed by atoms with Crippen molar-refractivity contribution < 1.29 is 24.6 Å². The van der Waals surface area contributed by atoms with Crippen molar-refractivity contribution >= 4 is 5.97 Å². The van der Waals surface area contributed by atoms with Crippen LogP contribution < -0.4 is 4.90 Å². The maximum Gasteiger partial charge on any atom is 0.330 e. The van der Waals surface area contributed by atoms with Gasteiger partial charge in [-0.1, -0.05) is 19.9 Å². The third-order valence-electron chi connectivity index (χ3n) is 10.2. The van der Waals surface area contributed by atoms with E-state index < -0.39 is 5.60 Å². The normalized spacial score (nSPS) is 47.1. The molecule has 4 fully saturated rings. The Kier molecular flexibility index (Phi) is 6.35. The van der Waals surface area contributed by atoms with Crippen LogP contribution in [0.2, 0.25) is 0 Å². The molecule has 0 saturated heterocycles. The van der Waals surface area contributed by atoms with Gasteiger partial charge >= 0.3 is 5.97 Å². The highest BCUT2D eigenvalue weighted by Crippen LogP contribution is 2.69. The highest BCUT2D eigenvalue weighted by atomic mass is 16.5. The van der Waals surface area contributed by atoms with Crippen molar-refractivity contribution in [1.29, 1.82) is 0 Å². The number of aliphatic hydroxyl groups excluding tert-OH is 1. The van der Waals surface area contributed by atoms with E-state index in [-0.39, 0.29) is 28.8 Å². The minimum Gasteiger partial charge on any atom is -0.457 e. The van der Waals surface area contributed by atoms with Crippen molar-refractivity contribution in [2.75, 3.05) is 27.2 Å². The molecule has 0 heterocycles. The second-order valence-corrected chi connectivity index (χ2v) is 11.9. The lowest BCUT2D eigenvalue weighted by molar-refractivity contribution is -0.858. The Labute approximate surface area is 188 Å². The molecule has 5 nitrogen and oxygen atoms in total. The van der Waals surface area contributed by atoms with Crippen LogP contribution in [0.3, 0.4) is 0 Å². The lowest BCUT2D eigenvalue weighted by Gasteiger charge is -2.63. The van der Waals surface area contributed by atoms with E-state index in [2.05, 4.69) is 13.8 Å². The predicted molar refractivity (Wildman–Crippen MR) is 120 cm³/mol. The summed E-state index contributed by atoms with van der Waals surface area (Å²) in [6.45, 7) is 5.96. The van der Waals surface area contributed by atoms with Crippen LogP contribution in [-0.4, -0.2) is 55.1 Å². The van der Waals surface area contributed by atoms with E-state index in [1.54, 1.807) is 6.08 Å². The first-order chi connectivity index (χ1) is 14.6. The number of aliphatic hydroxyl groups is 2. The molecule has 4 rings (SSSR count). The SMILES string of the molecule is C[NH+](C)CCOC(=O)/C=C/[C@@H]1CC[C@]2(O)[C@@H]3CC[C@@H]4C[C@@H](O)CC[C@]4(C)[C@H]3CC[C@]12C. The molecule has 0 aliphatic heterocycles. The van der Waals surface area contributed by atoms with Gasteiger partial charge in [0, 0.05) is 11.5 Å². The molecule has 0 amide bonds. The zero-order chi connectivity index (χ0) is 22.4. The summed E-state index contributed by atoms with van der Waals surface area (Å²) < 4.78 is 5.34. The summed E-state index contributed by atoms with van der Waals surface area (Å²) in [5.41, 5.74) is -0.561. The van der Waals surface area contributed by atoms with Gasteiger partial charge < -0.3 is 19.8 Å². The maximum absolute atomic E-state index is 12.2. The first kappa shape index (κ1) is 23.3. The van der Waals surface area contributed by atoms with Crippen LogP contribution in [-0.2, 0) is 9.53 Å². The number of esters is 1. The molecule has 0 aromatic carbocycles. The average molecular weight is 435 g/mol. The van der Waals surface area contributed by atoms with Gasteiger partial charge in [0.25, 0.3) is 0 Å². The second kappa shape index (κ2) is 8.46. The summed E-state index contributed by atoms with van der Waals surface area (Å²) in [5, 5.41) is 22.4.